The molecule has 0 radical (unpaired) electrons. The third kappa shape index (κ3) is 12.5. The number of esters is 1. The van der Waals surface area contributed by atoms with E-state index in [0.717, 1.165) is 37.2 Å². The summed E-state index contributed by atoms with van der Waals surface area (Å²) in [6.07, 6.45) is 25.4. The minimum atomic E-state index is -0.101. The highest BCUT2D eigenvalue weighted by Crippen LogP contribution is 2.34. The fourth-order valence-electron chi connectivity index (χ4n) is 5.71. The number of benzene rings is 1. The number of hydrogen-bond donors (Lipinski definition) is 0. The lowest BCUT2D eigenvalue weighted by Gasteiger charge is -2.28. The van der Waals surface area contributed by atoms with Gasteiger partial charge in [0.05, 0.1) is 5.92 Å². The van der Waals surface area contributed by atoms with Crippen molar-refractivity contribution in [3.8, 4) is 0 Å². The van der Waals surface area contributed by atoms with Crippen molar-refractivity contribution in [1.82, 2.24) is 0 Å². The van der Waals surface area contributed by atoms with Crippen LogP contribution in [-0.2, 0) is 16.0 Å². The quantitative estimate of drug-likeness (QED) is 0.144. The fourth-order valence-corrected chi connectivity index (χ4v) is 5.71. The highest BCUT2D eigenvalue weighted by Gasteiger charge is 2.29. The molecule has 1 atom stereocenters. The molecule has 2 heteroatoms. The largest absolute Gasteiger partial charge is 0.457 e. The van der Waals surface area contributed by atoms with E-state index in [1.807, 2.05) is 0 Å². The molecule has 0 aromatic heterocycles. The first-order valence-corrected chi connectivity index (χ1v) is 15.5. The number of hydrogen-bond acceptors (Lipinski definition) is 2. The van der Waals surface area contributed by atoms with Crippen molar-refractivity contribution in [2.24, 2.45) is 11.8 Å². The van der Waals surface area contributed by atoms with Crippen LogP contribution in [0.2, 0.25) is 0 Å². The molecule has 0 spiro atoms. The Morgan fingerprint density at radius 1 is 0.743 bits per heavy atom. The van der Waals surface area contributed by atoms with Crippen LogP contribution in [0.25, 0.3) is 0 Å². The van der Waals surface area contributed by atoms with Gasteiger partial charge in [0, 0.05) is 0 Å². The number of carbonyl (C=O) groups is 1. The van der Waals surface area contributed by atoms with E-state index < -0.39 is 0 Å². The molecule has 1 aliphatic carbocycles. The molecule has 1 aliphatic rings. The standard InChI is InChI=1S/C33H56O2/c1-4-7-9-11-13-15-17-18-28-20-24-30(25-21-28)32(6-3)35-33(34)31-26-22-29(23-27-31)19-16-14-12-10-8-5-2/h20-21,24-25,29,31-32H,4-19,22-23,26-27H2,1-3H3. The molecule has 35 heavy (non-hydrogen) atoms. The summed E-state index contributed by atoms with van der Waals surface area (Å²) >= 11 is 0. The Morgan fingerprint density at radius 3 is 1.86 bits per heavy atom. The minimum Gasteiger partial charge on any atom is -0.457 e. The first-order chi connectivity index (χ1) is 17.2. The molecule has 0 amide bonds. The lowest BCUT2D eigenvalue weighted by molar-refractivity contribution is -0.156. The maximum Gasteiger partial charge on any atom is 0.309 e. The van der Waals surface area contributed by atoms with E-state index in [1.165, 1.54) is 108 Å². The van der Waals surface area contributed by atoms with Crippen molar-refractivity contribution in [2.75, 3.05) is 0 Å². The van der Waals surface area contributed by atoms with Crippen LogP contribution in [0.5, 0.6) is 0 Å². The molecule has 1 unspecified atom stereocenters. The smallest absolute Gasteiger partial charge is 0.309 e. The van der Waals surface area contributed by atoms with Crippen LogP contribution in [0.3, 0.4) is 0 Å². The molecule has 1 aromatic rings. The predicted molar refractivity (Wildman–Crippen MR) is 151 cm³/mol. The molecule has 0 saturated heterocycles. The maximum absolute atomic E-state index is 12.9. The second-order valence-corrected chi connectivity index (χ2v) is 11.2. The van der Waals surface area contributed by atoms with Gasteiger partial charge in [-0.1, -0.05) is 129 Å². The normalized spacial score (nSPS) is 18.9. The molecule has 1 fully saturated rings. The molecule has 0 heterocycles. The summed E-state index contributed by atoms with van der Waals surface area (Å²) in [6.45, 7) is 6.68. The number of carbonyl (C=O) groups excluding carboxylic acids is 1. The monoisotopic (exact) mass is 484 g/mol. The van der Waals surface area contributed by atoms with E-state index in [9.17, 15) is 4.79 Å². The summed E-state index contributed by atoms with van der Waals surface area (Å²) in [5.74, 6) is 0.986. The van der Waals surface area contributed by atoms with Gasteiger partial charge in [-0.2, -0.15) is 0 Å². The zero-order chi connectivity index (χ0) is 25.1. The van der Waals surface area contributed by atoms with Crippen LogP contribution >= 0.6 is 0 Å². The zero-order valence-electron chi connectivity index (χ0n) is 23.5. The van der Waals surface area contributed by atoms with E-state index in [0.29, 0.717) is 0 Å². The van der Waals surface area contributed by atoms with E-state index in [2.05, 4.69) is 45.0 Å². The molecule has 1 saturated carbocycles. The zero-order valence-corrected chi connectivity index (χ0v) is 23.5. The average molecular weight is 485 g/mol. The summed E-state index contributed by atoms with van der Waals surface area (Å²) in [7, 11) is 0. The predicted octanol–water partition coefficient (Wildman–Crippen LogP) is 10.5. The van der Waals surface area contributed by atoms with E-state index in [1.54, 1.807) is 0 Å². The van der Waals surface area contributed by atoms with Gasteiger partial charge in [-0.3, -0.25) is 4.79 Å². The van der Waals surface area contributed by atoms with Gasteiger partial charge in [0.25, 0.3) is 0 Å². The van der Waals surface area contributed by atoms with E-state index >= 15 is 0 Å². The molecule has 2 nitrogen and oxygen atoms in total. The molecule has 0 aliphatic heterocycles. The Morgan fingerprint density at radius 2 is 1.29 bits per heavy atom. The highest BCUT2D eigenvalue weighted by atomic mass is 16.5. The van der Waals surface area contributed by atoms with Gasteiger partial charge in [0.15, 0.2) is 0 Å². The first kappa shape index (κ1) is 29.9. The molecule has 2 rings (SSSR count). The van der Waals surface area contributed by atoms with Crippen LogP contribution in [0, 0.1) is 11.8 Å². The summed E-state index contributed by atoms with van der Waals surface area (Å²) in [5, 5.41) is 0. The molecular formula is C33H56O2. The number of ether oxygens (including phenoxy) is 1. The first-order valence-electron chi connectivity index (χ1n) is 15.5. The van der Waals surface area contributed by atoms with Crippen LogP contribution in [0.1, 0.15) is 160 Å². The lowest BCUT2D eigenvalue weighted by atomic mass is 9.79. The van der Waals surface area contributed by atoms with Gasteiger partial charge in [-0.05, 0) is 62.0 Å². The van der Waals surface area contributed by atoms with Gasteiger partial charge >= 0.3 is 5.97 Å². The Kier molecular flexibility index (Phi) is 16.1. The average Bonchev–Trinajstić information content (AvgIpc) is 2.89. The topological polar surface area (TPSA) is 26.3 Å². The van der Waals surface area contributed by atoms with Crippen molar-refractivity contribution in [2.45, 2.75) is 155 Å². The minimum absolute atomic E-state index is 0.0435. The second kappa shape index (κ2) is 18.9. The SMILES string of the molecule is CCCCCCCCCc1ccc(C(CC)OC(=O)C2CCC(CCCCCCCC)CC2)cc1. The van der Waals surface area contributed by atoms with Crippen LogP contribution < -0.4 is 0 Å². The third-order valence-corrected chi connectivity index (χ3v) is 8.20. The Balaban J connectivity index is 1.65. The number of rotatable bonds is 19. The van der Waals surface area contributed by atoms with Gasteiger partial charge < -0.3 is 4.74 Å². The summed E-state index contributed by atoms with van der Waals surface area (Å²) < 4.78 is 6.04. The number of unbranched alkanes of at least 4 members (excludes halogenated alkanes) is 11. The molecular weight excluding hydrogens is 428 g/mol. The van der Waals surface area contributed by atoms with Crippen LogP contribution in [-0.4, -0.2) is 5.97 Å². The van der Waals surface area contributed by atoms with Crippen molar-refractivity contribution in [3.05, 3.63) is 35.4 Å². The van der Waals surface area contributed by atoms with E-state index in [-0.39, 0.29) is 18.0 Å². The Bertz CT molecular complexity index is 642. The maximum atomic E-state index is 12.9. The highest BCUT2D eigenvalue weighted by molar-refractivity contribution is 5.72. The van der Waals surface area contributed by atoms with Crippen LogP contribution in [0.15, 0.2) is 24.3 Å². The van der Waals surface area contributed by atoms with Gasteiger partial charge in [0.1, 0.15) is 6.10 Å². The summed E-state index contributed by atoms with van der Waals surface area (Å²) in [6, 6.07) is 8.87. The Labute approximate surface area is 218 Å². The van der Waals surface area contributed by atoms with Crippen molar-refractivity contribution in [1.29, 1.82) is 0 Å². The number of aryl methyl sites for hydroxylation is 1. The Hall–Kier alpha value is -1.31. The van der Waals surface area contributed by atoms with Crippen molar-refractivity contribution < 1.29 is 9.53 Å². The van der Waals surface area contributed by atoms with Crippen molar-refractivity contribution in [3.63, 3.8) is 0 Å². The van der Waals surface area contributed by atoms with Gasteiger partial charge in [-0.15, -0.1) is 0 Å². The molecule has 1 aromatic carbocycles. The van der Waals surface area contributed by atoms with Gasteiger partial charge in [-0.25, -0.2) is 0 Å². The van der Waals surface area contributed by atoms with E-state index in [4.69, 9.17) is 4.74 Å². The van der Waals surface area contributed by atoms with Gasteiger partial charge in [0.2, 0.25) is 0 Å². The van der Waals surface area contributed by atoms with Crippen molar-refractivity contribution >= 4 is 5.97 Å². The summed E-state index contributed by atoms with van der Waals surface area (Å²) in [4.78, 5) is 12.9. The third-order valence-electron chi connectivity index (χ3n) is 8.20. The lowest BCUT2D eigenvalue weighted by Crippen LogP contribution is -2.25. The molecule has 0 N–H and O–H groups in total. The molecule has 0 bridgehead atoms. The fraction of sp³-hybridized carbons (Fsp3) is 0.788. The summed E-state index contributed by atoms with van der Waals surface area (Å²) in [5.41, 5.74) is 2.56. The second-order valence-electron chi connectivity index (χ2n) is 11.2. The van der Waals surface area contributed by atoms with Crippen LogP contribution in [0.4, 0.5) is 0 Å². The molecule has 200 valence electrons.